The molecule has 1 fully saturated rings. The minimum Gasteiger partial charge on any atom is -0.313 e. The van der Waals surface area contributed by atoms with Crippen molar-refractivity contribution < 1.29 is 8.42 Å². The zero-order valence-electron chi connectivity index (χ0n) is 12.7. The van der Waals surface area contributed by atoms with Gasteiger partial charge < -0.3 is 5.32 Å². The van der Waals surface area contributed by atoms with E-state index in [1.54, 1.807) is 6.07 Å². The average Bonchev–Trinajstić information content (AvgIpc) is 3.13. The van der Waals surface area contributed by atoms with Gasteiger partial charge in [-0.1, -0.05) is 19.9 Å². The van der Waals surface area contributed by atoms with Crippen LogP contribution in [0.2, 0.25) is 0 Å². The first-order chi connectivity index (χ1) is 9.85. The van der Waals surface area contributed by atoms with Gasteiger partial charge in [0.15, 0.2) is 0 Å². The van der Waals surface area contributed by atoms with E-state index in [0.717, 1.165) is 24.1 Å². The fourth-order valence-electron chi connectivity index (χ4n) is 2.35. The summed E-state index contributed by atoms with van der Waals surface area (Å²) < 4.78 is 28.4. The maximum Gasteiger partial charge on any atom is 0.241 e. The van der Waals surface area contributed by atoms with E-state index in [4.69, 9.17) is 0 Å². The van der Waals surface area contributed by atoms with Crippen LogP contribution in [0, 0.1) is 18.8 Å². The summed E-state index contributed by atoms with van der Waals surface area (Å²) in [5, 5.41) is 3.23. The lowest BCUT2D eigenvalue weighted by atomic mass is 10.1. The molecule has 6 heteroatoms. The standard InChI is InChI=1S/C15H23BrN2O2S/c1-4-17-8-12-5-11(3)15(16)14(7-12)21(19,20)18-9-13-6-10(13)2/h5,7,10,13,17-18H,4,6,8-9H2,1-3H3. The Morgan fingerprint density at radius 3 is 2.62 bits per heavy atom. The SMILES string of the molecule is CCNCc1cc(C)c(Br)c(S(=O)(=O)NCC2CC2C)c1. The number of sulfonamides is 1. The summed E-state index contributed by atoms with van der Waals surface area (Å²) in [6.07, 6.45) is 1.11. The van der Waals surface area contributed by atoms with Gasteiger partial charge in [0.1, 0.15) is 0 Å². The van der Waals surface area contributed by atoms with E-state index < -0.39 is 10.0 Å². The summed E-state index contributed by atoms with van der Waals surface area (Å²) in [4.78, 5) is 0.337. The number of benzene rings is 1. The zero-order valence-corrected chi connectivity index (χ0v) is 15.1. The highest BCUT2D eigenvalue weighted by Crippen LogP contribution is 2.37. The Balaban J connectivity index is 2.21. The van der Waals surface area contributed by atoms with E-state index in [9.17, 15) is 8.42 Å². The van der Waals surface area contributed by atoms with E-state index in [0.29, 0.717) is 34.3 Å². The Labute approximate surface area is 135 Å². The van der Waals surface area contributed by atoms with Crippen LogP contribution in [0.4, 0.5) is 0 Å². The molecule has 21 heavy (non-hydrogen) atoms. The van der Waals surface area contributed by atoms with E-state index >= 15 is 0 Å². The third kappa shape index (κ3) is 4.28. The fraction of sp³-hybridized carbons (Fsp3) is 0.600. The molecule has 1 aromatic carbocycles. The molecule has 1 aliphatic carbocycles. The van der Waals surface area contributed by atoms with Crippen molar-refractivity contribution in [1.82, 2.24) is 10.0 Å². The third-order valence-corrected chi connectivity index (χ3v) is 6.72. The van der Waals surface area contributed by atoms with Gasteiger partial charge in [-0.3, -0.25) is 0 Å². The first-order valence-corrected chi connectivity index (χ1v) is 9.62. The van der Waals surface area contributed by atoms with Crippen molar-refractivity contribution in [2.45, 2.75) is 38.6 Å². The largest absolute Gasteiger partial charge is 0.313 e. The van der Waals surface area contributed by atoms with Crippen LogP contribution < -0.4 is 10.0 Å². The first kappa shape index (κ1) is 16.9. The topological polar surface area (TPSA) is 58.2 Å². The second-order valence-corrected chi connectivity index (χ2v) is 8.36. The number of nitrogens with one attached hydrogen (secondary N) is 2. The molecule has 0 saturated heterocycles. The molecule has 1 saturated carbocycles. The number of hydrogen-bond acceptors (Lipinski definition) is 3. The molecule has 0 radical (unpaired) electrons. The van der Waals surface area contributed by atoms with Crippen molar-refractivity contribution in [3.8, 4) is 0 Å². The monoisotopic (exact) mass is 374 g/mol. The van der Waals surface area contributed by atoms with Crippen LogP contribution in [0.1, 0.15) is 31.4 Å². The molecule has 2 rings (SSSR count). The highest BCUT2D eigenvalue weighted by atomic mass is 79.9. The van der Waals surface area contributed by atoms with E-state index in [2.05, 4.69) is 32.9 Å². The lowest BCUT2D eigenvalue weighted by Gasteiger charge is -2.13. The molecule has 2 unspecified atom stereocenters. The molecule has 0 aliphatic heterocycles. The zero-order chi connectivity index (χ0) is 15.6. The van der Waals surface area contributed by atoms with Crippen LogP contribution in [0.15, 0.2) is 21.5 Å². The molecule has 118 valence electrons. The highest BCUT2D eigenvalue weighted by molar-refractivity contribution is 9.10. The summed E-state index contributed by atoms with van der Waals surface area (Å²) in [6.45, 7) is 8.16. The Morgan fingerprint density at radius 1 is 1.38 bits per heavy atom. The Bertz CT molecular complexity index is 616. The minimum absolute atomic E-state index is 0.337. The van der Waals surface area contributed by atoms with Gasteiger partial charge in [0.2, 0.25) is 10.0 Å². The summed E-state index contributed by atoms with van der Waals surface area (Å²) in [7, 11) is -3.46. The van der Waals surface area contributed by atoms with E-state index in [1.165, 1.54) is 0 Å². The number of rotatable bonds is 7. The van der Waals surface area contributed by atoms with Gasteiger partial charge in [0.25, 0.3) is 0 Å². The molecular formula is C15H23BrN2O2S. The summed E-state index contributed by atoms with van der Waals surface area (Å²) in [6, 6.07) is 3.76. The van der Waals surface area contributed by atoms with Crippen LogP contribution in [-0.4, -0.2) is 21.5 Å². The van der Waals surface area contributed by atoms with Crippen molar-refractivity contribution in [2.24, 2.45) is 11.8 Å². The number of hydrogen-bond donors (Lipinski definition) is 2. The molecule has 0 spiro atoms. The second-order valence-electron chi connectivity index (χ2n) is 5.83. The molecule has 0 amide bonds. The van der Waals surface area contributed by atoms with Gasteiger partial charge in [0, 0.05) is 17.6 Å². The maximum absolute atomic E-state index is 12.5. The molecule has 0 aromatic heterocycles. The molecule has 2 atom stereocenters. The normalized spacial score (nSPS) is 21.5. The third-order valence-electron chi connectivity index (χ3n) is 3.96. The smallest absolute Gasteiger partial charge is 0.241 e. The van der Waals surface area contributed by atoms with Crippen LogP contribution >= 0.6 is 15.9 Å². The lowest BCUT2D eigenvalue weighted by molar-refractivity contribution is 0.573. The van der Waals surface area contributed by atoms with Crippen LogP contribution in [0.3, 0.4) is 0 Å². The van der Waals surface area contributed by atoms with Gasteiger partial charge >= 0.3 is 0 Å². The minimum atomic E-state index is -3.46. The Kier molecular flexibility index (Phi) is 5.46. The van der Waals surface area contributed by atoms with Crippen LogP contribution in [0.5, 0.6) is 0 Å². The summed E-state index contributed by atoms with van der Waals surface area (Å²) >= 11 is 3.41. The quantitative estimate of drug-likeness (QED) is 0.771. The van der Waals surface area contributed by atoms with Crippen molar-refractivity contribution in [3.63, 3.8) is 0 Å². The van der Waals surface area contributed by atoms with Crippen LogP contribution in [0.25, 0.3) is 0 Å². The van der Waals surface area contributed by atoms with Crippen LogP contribution in [-0.2, 0) is 16.6 Å². The van der Waals surface area contributed by atoms with Gasteiger partial charge in [-0.25, -0.2) is 13.1 Å². The van der Waals surface area contributed by atoms with Gasteiger partial charge in [-0.05, 0) is 64.8 Å². The lowest BCUT2D eigenvalue weighted by Crippen LogP contribution is -2.27. The van der Waals surface area contributed by atoms with E-state index in [-0.39, 0.29) is 0 Å². The molecule has 4 nitrogen and oxygen atoms in total. The predicted molar refractivity (Wildman–Crippen MR) is 88.7 cm³/mol. The second kappa shape index (κ2) is 6.77. The molecule has 0 heterocycles. The Hall–Kier alpha value is -0.430. The van der Waals surface area contributed by atoms with Gasteiger partial charge in [-0.2, -0.15) is 0 Å². The summed E-state index contributed by atoms with van der Waals surface area (Å²) in [5.41, 5.74) is 1.92. The van der Waals surface area contributed by atoms with Gasteiger partial charge in [-0.15, -0.1) is 0 Å². The van der Waals surface area contributed by atoms with E-state index in [1.807, 2.05) is 19.9 Å². The fourth-order valence-corrected chi connectivity index (χ4v) is 4.51. The maximum atomic E-state index is 12.5. The predicted octanol–water partition coefficient (Wildman–Crippen LogP) is 2.80. The summed E-state index contributed by atoms with van der Waals surface area (Å²) in [5.74, 6) is 1.13. The molecule has 0 bridgehead atoms. The van der Waals surface area contributed by atoms with Crippen molar-refractivity contribution in [3.05, 3.63) is 27.7 Å². The van der Waals surface area contributed by atoms with Crippen molar-refractivity contribution >= 4 is 26.0 Å². The van der Waals surface area contributed by atoms with Gasteiger partial charge in [0.05, 0.1) is 4.90 Å². The molecular weight excluding hydrogens is 352 g/mol. The highest BCUT2D eigenvalue weighted by Gasteiger charge is 2.33. The van der Waals surface area contributed by atoms with Crippen molar-refractivity contribution in [2.75, 3.05) is 13.1 Å². The number of aryl methyl sites for hydroxylation is 1. The average molecular weight is 375 g/mol. The Morgan fingerprint density at radius 2 is 2.05 bits per heavy atom. The molecule has 1 aliphatic rings. The number of halogens is 1. The molecule has 1 aromatic rings. The van der Waals surface area contributed by atoms with Crippen molar-refractivity contribution in [1.29, 1.82) is 0 Å². The molecule has 2 N–H and O–H groups in total. The first-order valence-electron chi connectivity index (χ1n) is 7.34.